The second-order valence-corrected chi connectivity index (χ2v) is 7.05. The Labute approximate surface area is 145 Å². The van der Waals surface area contributed by atoms with E-state index in [1.165, 1.54) is 38.5 Å². The number of benzene rings is 1. The van der Waals surface area contributed by atoms with Crippen molar-refractivity contribution in [2.45, 2.75) is 24.4 Å². The molecule has 0 bridgehead atoms. The molecule has 1 aromatic carbocycles. The van der Waals surface area contributed by atoms with Crippen molar-refractivity contribution < 1.29 is 22.4 Å². The second-order valence-electron chi connectivity index (χ2n) is 4.94. The number of nitrogens with one attached hydrogen (secondary N) is 2. The Bertz CT molecular complexity index is 805. The Hall–Kier alpha value is -2.03. The van der Waals surface area contributed by atoms with Gasteiger partial charge in [0.2, 0.25) is 15.9 Å². The molecule has 130 valence electrons. The fraction of sp³-hybridized carbons (Fsp3) is 0.267. The first-order chi connectivity index (χ1) is 11.3. The molecule has 0 aliphatic carbocycles. The number of ether oxygens (including phenoxy) is 1. The molecule has 24 heavy (non-hydrogen) atoms. The van der Waals surface area contributed by atoms with Crippen molar-refractivity contribution in [3.05, 3.63) is 47.4 Å². The topological polar surface area (TPSA) is 97.6 Å². The molecule has 0 aliphatic heterocycles. The summed E-state index contributed by atoms with van der Waals surface area (Å²) < 4.78 is 37.3. The number of hydrogen-bond acceptors (Lipinski definition) is 5. The van der Waals surface area contributed by atoms with Crippen LogP contribution in [0.15, 0.2) is 45.9 Å². The maximum absolute atomic E-state index is 12.5. The van der Waals surface area contributed by atoms with Crippen LogP contribution in [0.5, 0.6) is 5.75 Å². The highest BCUT2D eigenvalue weighted by molar-refractivity contribution is 7.89. The van der Waals surface area contributed by atoms with E-state index in [1.54, 1.807) is 12.1 Å². The standard InChI is InChI=1S/C15H17ClN2O5S/c1-10(15(19)17-9-12-4-3-7-23-12)18-24(20,21)14-8-11(16)5-6-13(14)22-2/h3-8,10,18H,9H2,1-2H3,(H,17,19)/t10-/m0/s1. The molecule has 0 saturated carbocycles. The van der Waals surface area contributed by atoms with Gasteiger partial charge in [0.1, 0.15) is 16.4 Å². The van der Waals surface area contributed by atoms with Crippen molar-refractivity contribution in [1.29, 1.82) is 0 Å². The molecule has 0 spiro atoms. The van der Waals surface area contributed by atoms with Gasteiger partial charge in [0.15, 0.2) is 0 Å². The SMILES string of the molecule is COc1ccc(Cl)cc1S(=O)(=O)N[C@@H](C)C(=O)NCc1ccco1. The van der Waals surface area contributed by atoms with E-state index in [2.05, 4.69) is 10.0 Å². The number of furan rings is 1. The van der Waals surface area contributed by atoms with Gasteiger partial charge < -0.3 is 14.5 Å². The fourth-order valence-electron chi connectivity index (χ4n) is 1.95. The molecule has 0 saturated heterocycles. The van der Waals surface area contributed by atoms with Crippen molar-refractivity contribution in [3.8, 4) is 5.75 Å². The van der Waals surface area contributed by atoms with Crippen molar-refractivity contribution in [2.75, 3.05) is 7.11 Å². The maximum atomic E-state index is 12.5. The Kier molecular flexibility index (Phi) is 5.87. The van der Waals surface area contributed by atoms with Crippen LogP contribution in [0.25, 0.3) is 0 Å². The first-order valence-electron chi connectivity index (χ1n) is 6.99. The van der Waals surface area contributed by atoms with Gasteiger partial charge in [-0.2, -0.15) is 4.72 Å². The van der Waals surface area contributed by atoms with E-state index in [9.17, 15) is 13.2 Å². The molecular formula is C15H17ClN2O5S. The van der Waals surface area contributed by atoms with Gasteiger partial charge >= 0.3 is 0 Å². The molecule has 1 heterocycles. The van der Waals surface area contributed by atoms with Crippen LogP contribution in [-0.2, 0) is 21.4 Å². The highest BCUT2D eigenvalue weighted by Crippen LogP contribution is 2.27. The number of amides is 1. The molecule has 2 rings (SSSR count). The van der Waals surface area contributed by atoms with Crippen LogP contribution in [0.1, 0.15) is 12.7 Å². The maximum Gasteiger partial charge on any atom is 0.245 e. The van der Waals surface area contributed by atoms with Gasteiger partial charge in [0, 0.05) is 5.02 Å². The number of hydrogen-bond donors (Lipinski definition) is 2. The minimum atomic E-state index is -3.99. The Morgan fingerprint density at radius 1 is 1.38 bits per heavy atom. The summed E-state index contributed by atoms with van der Waals surface area (Å²) in [6.45, 7) is 1.60. The summed E-state index contributed by atoms with van der Waals surface area (Å²) in [4.78, 5) is 11.9. The van der Waals surface area contributed by atoms with Crippen LogP contribution in [0, 0.1) is 0 Å². The molecule has 1 aromatic heterocycles. The number of carbonyl (C=O) groups excluding carboxylic acids is 1. The molecular weight excluding hydrogens is 356 g/mol. The van der Waals surface area contributed by atoms with Crippen molar-refractivity contribution in [1.82, 2.24) is 10.0 Å². The molecule has 2 N–H and O–H groups in total. The summed E-state index contributed by atoms with van der Waals surface area (Å²) in [5, 5.41) is 2.82. The van der Waals surface area contributed by atoms with Crippen LogP contribution in [0.2, 0.25) is 5.02 Å². The minimum Gasteiger partial charge on any atom is -0.495 e. The summed E-state index contributed by atoms with van der Waals surface area (Å²) >= 11 is 5.85. The van der Waals surface area contributed by atoms with E-state index >= 15 is 0 Å². The van der Waals surface area contributed by atoms with Gasteiger partial charge in [0.05, 0.1) is 26.0 Å². The van der Waals surface area contributed by atoms with Crippen LogP contribution in [-0.4, -0.2) is 27.5 Å². The fourth-order valence-corrected chi connectivity index (χ4v) is 3.59. The third kappa shape index (κ3) is 4.50. The molecule has 9 heteroatoms. The molecule has 1 amide bonds. The number of rotatable bonds is 7. The van der Waals surface area contributed by atoms with E-state index in [0.717, 1.165) is 0 Å². The van der Waals surface area contributed by atoms with Gasteiger partial charge in [-0.25, -0.2) is 8.42 Å². The molecule has 1 atom stereocenters. The highest BCUT2D eigenvalue weighted by Gasteiger charge is 2.25. The zero-order valence-electron chi connectivity index (χ0n) is 13.1. The zero-order valence-corrected chi connectivity index (χ0v) is 14.6. The average Bonchev–Trinajstić information content (AvgIpc) is 3.05. The van der Waals surface area contributed by atoms with Gasteiger partial charge in [-0.3, -0.25) is 4.79 Å². The van der Waals surface area contributed by atoms with E-state index < -0.39 is 22.0 Å². The monoisotopic (exact) mass is 372 g/mol. The molecule has 0 unspecified atom stereocenters. The molecule has 0 aliphatic rings. The van der Waals surface area contributed by atoms with Gasteiger partial charge in [-0.05, 0) is 37.3 Å². The van der Waals surface area contributed by atoms with Crippen LogP contribution >= 0.6 is 11.6 Å². The van der Waals surface area contributed by atoms with Crippen molar-refractivity contribution >= 4 is 27.5 Å². The molecule has 7 nitrogen and oxygen atoms in total. The number of sulfonamides is 1. The molecule has 2 aromatic rings. The third-order valence-electron chi connectivity index (χ3n) is 3.16. The number of halogens is 1. The number of methoxy groups -OCH3 is 1. The zero-order chi connectivity index (χ0) is 17.7. The van der Waals surface area contributed by atoms with Gasteiger partial charge in [0.25, 0.3) is 0 Å². The lowest BCUT2D eigenvalue weighted by atomic mass is 10.3. The minimum absolute atomic E-state index is 0.134. The van der Waals surface area contributed by atoms with Gasteiger partial charge in [-0.1, -0.05) is 11.6 Å². The Morgan fingerprint density at radius 2 is 2.12 bits per heavy atom. The predicted octanol–water partition coefficient (Wildman–Crippen LogP) is 1.92. The van der Waals surface area contributed by atoms with Crippen LogP contribution in [0.3, 0.4) is 0 Å². The summed E-state index contributed by atoms with van der Waals surface area (Å²) in [5.74, 6) is 0.209. The lowest BCUT2D eigenvalue weighted by Crippen LogP contribution is -2.44. The summed E-state index contributed by atoms with van der Waals surface area (Å²) in [6, 6.07) is 6.62. The summed E-state index contributed by atoms with van der Waals surface area (Å²) in [7, 11) is -2.64. The van der Waals surface area contributed by atoms with Crippen LogP contribution in [0.4, 0.5) is 0 Å². The first kappa shape index (κ1) is 18.3. The van der Waals surface area contributed by atoms with E-state index in [4.69, 9.17) is 20.8 Å². The molecule has 0 fully saturated rings. The van der Waals surface area contributed by atoms with Crippen molar-refractivity contribution in [2.24, 2.45) is 0 Å². The Morgan fingerprint density at radius 3 is 2.75 bits per heavy atom. The van der Waals surface area contributed by atoms with Crippen molar-refractivity contribution in [3.63, 3.8) is 0 Å². The van der Waals surface area contributed by atoms with E-state index in [0.29, 0.717) is 5.76 Å². The predicted molar refractivity (Wildman–Crippen MR) is 88.3 cm³/mol. The molecule has 0 radical (unpaired) electrons. The lowest BCUT2D eigenvalue weighted by molar-refractivity contribution is -0.122. The summed E-state index contributed by atoms with van der Waals surface area (Å²) in [6.07, 6.45) is 1.49. The smallest absolute Gasteiger partial charge is 0.245 e. The van der Waals surface area contributed by atoms with Crippen LogP contribution < -0.4 is 14.8 Å². The van der Waals surface area contributed by atoms with E-state index in [1.807, 2.05) is 0 Å². The number of carbonyl (C=O) groups is 1. The lowest BCUT2D eigenvalue weighted by Gasteiger charge is -2.15. The average molecular weight is 373 g/mol. The summed E-state index contributed by atoms with van der Waals surface area (Å²) in [5.41, 5.74) is 0. The normalized spacial score (nSPS) is 12.6. The quantitative estimate of drug-likeness (QED) is 0.773. The Balaban J connectivity index is 2.07. The van der Waals surface area contributed by atoms with E-state index in [-0.39, 0.29) is 22.2 Å². The third-order valence-corrected chi connectivity index (χ3v) is 4.95. The second kappa shape index (κ2) is 7.69. The first-order valence-corrected chi connectivity index (χ1v) is 8.85. The highest BCUT2D eigenvalue weighted by atomic mass is 35.5. The largest absolute Gasteiger partial charge is 0.495 e. The van der Waals surface area contributed by atoms with Gasteiger partial charge in [-0.15, -0.1) is 0 Å².